The molecule has 5 nitrogen and oxygen atoms in total. The summed E-state index contributed by atoms with van der Waals surface area (Å²) in [4.78, 5) is 15.1. The van der Waals surface area contributed by atoms with Crippen LogP contribution in [0.15, 0.2) is 29.2 Å². The van der Waals surface area contributed by atoms with E-state index in [4.69, 9.17) is 11.6 Å². The van der Waals surface area contributed by atoms with Crippen LogP contribution in [0.1, 0.15) is 51.4 Å². The molecule has 1 heterocycles. The fourth-order valence-corrected chi connectivity index (χ4v) is 5.69. The molecule has 1 aromatic carbocycles. The summed E-state index contributed by atoms with van der Waals surface area (Å²) in [7, 11) is -3.66. The molecular formula is C20H29ClN2O3S. The number of sulfone groups is 1. The van der Waals surface area contributed by atoms with Gasteiger partial charge in [0.1, 0.15) is 5.75 Å². The van der Waals surface area contributed by atoms with Crippen molar-refractivity contribution in [3.05, 3.63) is 29.3 Å². The smallest absolute Gasteiger partial charge is 0.235 e. The minimum atomic E-state index is -3.66. The molecule has 1 aliphatic heterocycles. The van der Waals surface area contributed by atoms with E-state index in [9.17, 15) is 13.2 Å². The van der Waals surface area contributed by atoms with Crippen molar-refractivity contribution in [2.45, 2.75) is 61.8 Å². The Hall–Kier alpha value is -1.11. The molecule has 150 valence electrons. The van der Waals surface area contributed by atoms with Crippen LogP contribution in [0.3, 0.4) is 0 Å². The third-order valence-corrected chi connectivity index (χ3v) is 7.80. The highest BCUT2D eigenvalue weighted by molar-refractivity contribution is 7.92. The molecule has 0 radical (unpaired) electrons. The second-order valence-electron chi connectivity index (χ2n) is 7.82. The van der Waals surface area contributed by atoms with Crippen molar-refractivity contribution in [3.8, 4) is 0 Å². The van der Waals surface area contributed by atoms with Crippen LogP contribution in [0.4, 0.5) is 0 Å². The van der Waals surface area contributed by atoms with Gasteiger partial charge < -0.3 is 5.32 Å². The zero-order valence-corrected chi connectivity index (χ0v) is 17.3. The summed E-state index contributed by atoms with van der Waals surface area (Å²) in [5.41, 5.74) is -0.00162. The molecule has 2 aliphatic rings. The summed E-state index contributed by atoms with van der Waals surface area (Å²) >= 11 is 5.81. The highest BCUT2D eigenvalue weighted by Gasteiger charge is 2.38. The first-order valence-corrected chi connectivity index (χ1v) is 11.9. The first kappa shape index (κ1) is 20.6. The molecule has 1 N–H and O–H groups in total. The Balaban J connectivity index is 1.62. The predicted octanol–water partition coefficient (Wildman–Crippen LogP) is 3.42. The van der Waals surface area contributed by atoms with E-state index in [2.05, 4.69) is 10.2 Å². The summed E-state index contributed by atoms with van der Waals surface area (Å²) in [5.74, 6) is -0.947. The van der Waals surface area contributed by atoms with Gasteiger partial charge in [0, 0.05) is 17.1 Å². The van der Waals surface area contributed by atoms with Crippen molar-refractivity contribution >= 4 is 27.3 Å². The van der Waals surface area contributed by atoms with Crippen LogP contribution in [-0.4, -0.2) is 50.2 Å². The second kappa shape index (κ2) is 8.93. The zero-order chi connectivity index (χ0) is 19.3. The molecule has 0 unspecified atom stereocenters. The number of nitrogens with one attached hydrogen (secondary N) is 1. The van der Waals surface area contributed by atoms with Crippen LogP contribution in [0.25, 0.3) is 0 Å². The van der Waals surface area contributed by atoms with E-state index >= 15 is 0 Å². The molecule has 1 aliphatic carbocycles. The lowest BCUT2D eigenvalue weighted by atomic mass is 9.79. The minimum Gasteiger partial charge on any atom is -0.353 e. The Morgan fingerprint density at radius 1 is 1.00 bits per heavy atom. The summed E-state index contributed by atoms with van der Waals surface area (Å²) in [6.45, 7) is 2.71. The number of piperidine rings is 1. The van der Waals surface area contributed by atoms with E-state index in [1.807, 2.05) is 0 Å². The van der Waals surface area contributed by atoms with Crippen LogP contribution < -0.4 is 5.32 Å². The topological polar surface area (TPSA) is 66.5 Å². The number of carbonyl (C=O) groups is 1. The van der Waals surface area contributed by atoms with Crippen molar-refractivity contribution in [1.82, 2.24) is 10.2 Å². The zero-order valence-electron chi connectivity index (χ0n) is 15.8. The third-order valence-electron chi connectivity index (χ3n) is 5.92. The molecule has 0 atom stereocenters. The Bertz CT molecular complexity index is 737. The number of nitrogens with zero attached hydrogens (tertiary/aromatic N) is 1. The van der Waals surface area contributed by atoms with Gasteiger partial charge in [-0.05, 0) is 63.0 Å². The van der Waals surface area contributed by atoms with Gasteiger partial charge in [0.25, 0.3) is 0 Å². The van der Waals surface area contributed by atoms with Crippen LogP contribution >= 0.6 is 11.6 Å². The molecule has 7 heteroatoms. The van der Waals surface area contributed by atoms with E-state index in [0.717, 1.165) is 25.9 Å². The first-order valence-electron chi connectivity index (χ1n) is 9.91. The normalized spacial score (nSPS) is 20.9. The number of halogens is 1. The van der Waals surface area contributed by atoms with E-state index < -0.39 is 21.5 Å². The maximum atomic E-state index is 12.5. The molecule has 0 aromatic heterocycles. The first-order chi connectivity index (χ1) is 12.9. The van der Waals surface area contributed by atoms with Crippen molar-refractivity contribution in [1.29, 1.82) is 0 Å². The number of likely N-dealkylation sites (tertiary alicyclic amines) is 1. The van der Waals surface area contributed by atoms with E-state index in [1.54, 1.807) is 0 Å². The van der Waals surface area contributed by atoms with E-state index in [-0.39, 0.29) is 10.4 Å². The number of benzene rings is 1. The number of carbonyl (C=O) groups excluding carboxylic acids is 1. The number of rotatable bonds is 6. The van der Waals surface area contributed by atoms with Gasteiger partial charge in [-0.1, -0.05) is 37.3 Å². The van der Waals surface area contributed by atoms with Crippen molar-refractivity contribution in [2.75, 3.05) is 25.4 Å². The fraction of sp³-hybridized carbons (Fsp3) is 0.650. The maximum Gasteiger partial charge on any atom is 0.235 e. The van der Waals surface area contributed by atoms with Crippen LogP contribution in [0, 0.1) is 0 Å². The van der Waals surface area contributed by atoms with Gasteiger partial charge in [-0.15, -0.1) is 0 Å². The molecule has 27 heavy (non-hydrogen) atoms. The largest absolute Gasteiger partial charge is 0.353 e. The van der Waals surface area contributed by atoms with Gasteiger partial charge in [0.2, 0.25) is 5.91 Å². The molecule has 1 amide bonds. The van der Waals surface area contributed by atoms with Crippen molar-refractivity contribution in [3.63, 3.8) is 0 Å². The van der Waals surface area contributed by atoms with Gasteiger partial charge in [-0.2, -0.15) is 0 Å². The highest BCUT2D eigenvalue weighted by Crippen LogP contribution is 2.35. The lowest BCUT2D eigenvalue weighted by molar-refractivity contribution is -0.119. The molecule has 1 aromatic rings. The van der Waals surface area contributed by atoms with Gasteiger partial charge in [-0.3, -0.25) is 9.69 Å². The quantitative estimate of drug-likeness (QED) is 0.777. The van der Waals surface area contributed by atoms with Gasteiger partial charge in [0.05, 0.1) is 4.90 Å². The van der Waals surface area contributed by atoms with E-state index in [1.165, 1.54) is 62.8 Å². The Morgan fingerprint density at radius 2 is 1.59 bits per heavy atom. The third kappa shape index (κ3) is 5.24. The second-order valence-corrected chi connectivity index (χ2v) is 10.2. The molecule has 1 saturated heterocycles. The van der Waals surface area contributed by atoms with Crippen molar-refractivity contribution < 1.29 is 13.2 Å². The summed E-state index contributed by atoms with van der Waals surface area (Å²) < 4.78 is 24.9. The molecule has 0 bridgehead atoms. The molecule has 1 saturated carbocycles. The average molecular weight is 413 g/mol. The van der Waals surface area contributed by atoms with Gasteiger partial charge in [0.15, 0.2) is 9.84 Å². The SMILES string of the molecule is O=C(CS(=O)(=O)c1ccc(Cl)cc1)NCC1(N2CCCCC2)CCCCC1. The minimum absolute atomic E-state index is 0.00162. The lowest BCUT2D eigenvalue weighted by Gasteiger charge is -2.48. The highest BCUT2D eigenvalue weighted by atomic mass is 35.5. The molecule has 2 fully saturated rings. The Labute approximate surface area is 167 Å². The van der Waals surface area contributed by atoms with Crippen LogP contribution in [0.5, 0.6) is 0 Å². The fourth-order valence-electron chi connectivity index (χ4n) is 4.39. The summed E-state index contributed by atoms with van der Waals surface area (Å²) in [6.07, 6.45) is 9.45. The number of hydrogen-bond donors (Lipinski definition) is 1. The molecule has 0 spiro atoms. The summed E-state index contributed by atoms with van der Waals surface area (Å²) in [5, 5.41) is 3.41. The van der Waals surface area contributed by atoms with E-state index in [0.29, 0.717) is 11.6 Å². The average Bonchev–Trinajstić information content (AvgIpc) is 2.68. The van der Waals surface area contributed by atoms with Gasteiger partial charge >= 0.3 is 0 Å². The summed E-state index contributed by atoms with van der Waals surface area (Å²) in [6, 6.07) is 5.95. The van der Waals surface area contributed by atoms with Crippen LogP contribution in [0.2, 0.25) is 5.02 Å². The predicted molar refractivity (Wildman–Crippen MR) is 108 cm³/mol. The maximum absolute atomic E-state index is 12.5. The Morgan fingerprint density at radius 3 is 2.22 bits per heavy atom. The monoisotopic (exact) mass is 412 g/mol. The molecule has 3 rings (SSSR count). The number of hydrogen-bond acceptors (Lipinski definition) is 4. The lowest BCUT2D eigenvalue weighted by Crippen LogP contribution is -2.58. The Kier molecular flexibility index (Phi) is 6.82. The molecular weight excluding hydrogens is 384 g/mol. The standard InChI is InChI=1S/C20H29ClN2O3S/c21-17-7-9-18(10-8-17)27(25,26)15-19(24)22-16-20(11-3-1-4-12-20)23-13-5-2-6-14-23/h7-10H,1-6,11-16H2,(H,22,24). The number of amides is 1. The van der Waals surface area contributed by atoms with Crippen LogP contribution in [-0.2, 0) is 14.6 Å². The van der Waals surface area contributed by atoms with Crippen molar-refractivity contribution in [2.24, 2.45) is 0 Å². The van der Waals surface area contributed by atoms with Gasteiger partial charge in [-0.25, -0.2) is 8.42 Å².